The zero-order chi connectivity index (χ0) is 22.3. The molecule has 3 aromatic carbocycles. The monoisotopic (exact) mass is 433 g/mol. The molecule has 0 heterocycles. The third-order valence-corrected chi connectivity index (χ3v) is 10.9. The lowest BCUT2D eigenvalue weighted by Gasteiger charge is -2.44. The molecule has 3 nitrogen and oxygen atoms in total. The van der Waals surface area contributed by atoms with E-state index in [1.165, 1.54) is 15.9 Å². The molecule has 0 spiro atoms. The van der Waals surface area contributed by atoms with Crippen molar-refractivity contribution in [2.24, 2.45) is 0 Å². The predicted octanol–water partition coefficient (Wildman–Crippen LogP) is 4.10. The fourth-order valence-corrected chi connectivity index (χ4v) is 8.77. The molecule has 31 heavy (non-hydrogen) atoms. The SMILES string of the molecule is C[C@H](O)[C@@H](CO[Si](c1ccccc1)(c1ccccc1)C(C)(C)C)NCc1ccccc1. The van der Waals surface area contributed by atoms with Gasteiger partial charge in [0.15, 0.2) is 0 Å². The molecule has 0 aliphatic heterocycles. The van der Waals surface area contributed by atoms with E-state index in [9.17, 15) is 5.11 Å². The zero-order valence-corrected chi connectivity index (χ0v) is 20.1. The van der Waals surface area contributed by atoms with Crippen molar-refractivity contribution >= 4 is 18.7 Å². The van der Waals surface area contributed by atoms with E-state index < -0.39 is 14.4 Å². The van der Waals surface area contributed by atoms with Crippen LogP contribution in [-0.4, -0.2) is 32.2 Å². The first-order chi connectivity index (χ1) is 14.8. The summed E-state index contributed by atoms with van der Waals surface area (Å²) < 4.78 is 6.99. The highest BCUT2D eigenvalue weighted by Gasteiger charge is 2.50. The van der Waals surface area contributed by atoms with Gasteiger partial charge in [-0.25, -0.2) is 0 Å². The number of benzene rings is 3. The second-order valence-corrected chi connectivity index (χ2v) is 13.5. The average molecular weight is 434 g/mol. The molecular formula is C27H35NO2Si. The second-order valence-electron chi connectivity index (χ2n) is 9.19. The van der Waals surface area contributed by atoms with Crippen LogP contribution in [0.25, 0.3) is 0 Å². The molecule has 0 saturated heterocycles. The lowest BCUT2D eigenvalue weighted by atomic mass is 10.1. The first kappa shape index (κ1) is 23.4. The minimum Gasteiger partial charge on any atom is -0.406 e. The van der Waals surface area contributed by atoms with E-state index in [1.807, 2.05) is 25.1 Å². The molecule has 0 unspecified atom stereocenters. The molecule has 0 bridgehead atoms. The normalized spacial score (nSPS) is 14.2. The van der Waals surface area contributed by atoms with Gasteiger partial charge in [0.25, 0.3) is 8.32 Å². The number of aliphatic hydroxyl groups excluding tert-OH is 1. The van der Waals surface area contributed by atoms with Crippen molar-refractivity contribution in [2.45, 2.75) is 51.4 Å². The number of aliphatic hydroxyl groups is 1. The van der Waals surface area contributed by atoms with Crippen LogP contribution in [0.3, 0.4) is 0 Å². The molecule has 2 atom stereocenters. The van der Waals surface area contributed by atoms with Gasteiger partial charge in [-0.2, -0.15) is 0 Å². The van der Waals surface area contributed by atoms with Gasteiger partial charge in [-0.15, -0.1) is 0 Å². The van der Waals surface area contributed by atoms with Crippen molar-refractivity contribution < 1.29 is 9.53 Å². The quantitative estimate of drug-likeness (QED) is 0.499. The molecule has 0 aromatic heterocycles. The van der Waals surface area contributed by atoms with Gasteiger partial charge >= 0.3 is 0 Å². The highest BCUT2D eigenvalue weighted by molar-refractivity contribution is 6.99. The highest BCUT2D eigenvalue weighted by atomic mass is 28.4. The number of hydrogen-bond acceptors (Lipinski definition) is 3. The third-order valence-electron chi connectivity index (χ3n) is 5.89. The molecule has 3 rings (SSSR count). The first-order valence-electron chi connectivity index (χ1n) is 11.0. The summed E-state index contributed by atoms with van der Waals surface area (Å²) in [5.41, 5.74) is 1.19. The van der Waals surface area contributed by atoms with Crippen LogP contribution in [0.5, 0.6) is 0 Å². The minimum atomic E-state index is -2.62. The average Bonchev–Trinajstić information content (AvgIpc) is 2.77. The maximum absolute atomic E-state index is 10.5. The van der Waals surface area contributed by atoms with Gasteiger partial charge in [0.1, 0.15) is 0 Å². The van der Waals surface area contributed by atoms with Crippen molar-refractivity contribution in [2.75, 3.05) is 6.61 Å². The van der Waals surface area contributed by atoms with Gasteiger partial charge in [-0.1, -0.05) is 112 Å². The topological polar surface area (TPSA) is 41.5 Å². The summed E-state index contributed by atoms with van der Waals surface area (Å²) in [6.07, 6.45) is -0.526. The maximum atomic E-state index is 10.5. The van der Waals surface area contributed by atoms with Crippen LogP contribution in [0, 0.1) is 0 Å². The molecule has 0 amide bonds. The van der Waals surface area contributed by atoms with Crippen LogP contribution in [0.1, 0.15) is 33.3 Å². The van der Waals surface area contributed by atoms with Crippen LogP contribution in [0.4, 0.5) is 0 Å². The summed E-state index contributed by atoms with van der Waals surface area (Å²) in [4.78, 5) is 0. The standard InChI is InChI=1S/C27H35NO2Si/c1-22(29)26(28-20-23-14-8-5-9-15-23)21-30-31(27(2,3)4,24-16-10-6-11-17-24)25-18-12-7-13-19-25/h5-19,22,26,28-29H,20-21H2,1-4H3/t22-,26+/m0/s1. The van der Waals surface area contributed by atoms with E-state index >= 15 is 0 Å². The smallest absolute Gasteiger partial charge is 0.261 e. The highest BCUT2D eigenvalue weighted by Crippen LogP contribution is 2.36. The maximum Gasteiger partial charge on any atom is 0.261 e. The van der Waals surface area contributed by atoms with E-state index in [1.54, 1.807) is 0 Å². The Hall–Kier alpha value is -2.24. The summed E-state index contributed by atoms with van der Waals surface area (Å²) >= 11 is 0. The van der Waals surface area contributed by atoms with Gasteiger partial charge < -0.3 is 14.8 Å². The Morgan fingerprint density at radius 1 is 0.806 bits per heavy atom. The van der Waals surface area contributed by atoms with E-state index in [2.05, 4.69) is 98.9 Å². The Morgan fingerprint density at radius 2 is 1.26 bits per heavy atom. The van der Waals surface area contributed by atoms with Crippen LogP contribution in [0.15, 0.2) is 91.0 Å². The van der Waals surface area contributed by atoms with Crippen molar-refractivity contribution in [3.63, 3.8) is 0 Å². The lowest BCUT2D eigenvalue weighted by Crippen LogP contribution is -2.67. The Labute approximate surface area is 188 Å². The molecule has 0 saturated carbocycles. The molecule has 3 aromatic rings. The van der Waals surface area contributed by atoms with Gasteiger partial charge in [0, 0.05) is 6.54 Å². The Morgan fingerprint density at radius 3 is 1.68 bits per heavy atom. The van der Waals surface area contributed by atoms with E-state index in [0.717, 1.165) is 0 Å². The van der Waals surface area contributed by atoms with Crippen molar-refractivity contribution in [3.05, 3.63) is 96.6 Å². The molecule has 4 heteroatoms. The molecule has 0 fully saturated rings. The molecular weight excluding hydrogens is 398 g/mol. The second kappa shape index (κ2) is 10.4. The van der Waals surface area contributed by atoms with Crippen molar-refractivity contribution in [1.82, 2.24) is 5.32 Å². The molecule has 164 valence electrons. The largest absolute Gasteiger partial charge is 0.406 e. The summed E-state index contributed by atoms with van der Waals surface area (Å²) in [6.45, 7) is 9.78. The summed E-state index contributed by atoms with van der Waals surface area (Å²) in [5.74, 6) is 0. The fraction of sp³-hybridized carbons (Fsp3) is 0.333. The lowest BCUT2D eigenvalue weighted by molar-refractivity contribution is 0.107. The number of nitrogens with one attached hydrogen (secondary N) is 1. The van der Waals surface area contributed by atoms with Crippen LogP contribution in [0.2, 0.25) is 5.04 Å². The van der Waals surface area contributed by atoms with Crippen molar-refractivity contribution in [3.8, 4) is 0 Å². The molecule has 0 aliphatic carbocycles. The summed E-state index contributed by atoms with van der Waals surface area (Å²) in [6, 6.07) is 31.4. The Kier molecular flexibility index (Phi) is 7.84. The van der Waals surface area contributed by atoms with Gasteiger partial charge in [-0.05, 0) is 27.9 Å². The minimum absolute atomic E-state index is 0.0849. The predicted molar refractivity (Wildman–Crippen MR) is 132 cm³/mol. The van der Waals surface area contributed by atoms with Gasteiger partial charge in [0.05, 0.1) is 18.8 Å². The van der Waals surface area contributed by atoms with Gasteiger partial charge in [0.2, 0.25) is 0 Å². The summed E-state index contributed by atoms with van der Waals surface area (Å²) in [7, 11) is -2.62. The van der Waals surface area contributed by atoms with E-state index in [0.29, 0.717) is 13.2 Å². The summed E-state index contributed by atoms with van der Waals surface area (Å²) in [5, 5.41) is 16.4. The van der Waals surface area contributed by atoms with E-state index in [4.69, 9.17) is 4.43 Å². The molecule has 0 radical (unpaired) electrons. The third kappa shape index (κ3) is 5.52. The van der Waals surface area contributed by atoms with Crippen LogP contribution >= 0.6 is 0 Å². The van der Waals surface area contributed by atoms with Crippen LogP contribution in [-0.2, 0) is 11.0 Å². The fourth-order valence-electron chi connectivity index (χ4n) is 4.19. The van der Waals surface area contributed by atoms with Crippen molar-refractivity contribution in [1.29, 1.82) is 0 Å². The first-order valence-corrected chi connectivity index (χ1v) is 13.0. The number of rotatable bonds is 9. The molecule has 2 N–H and O–H groups in total. The Balaban J connectivity index is 1.92. The Bertz CT molecular complexity index is 869. The number of hydrogen-bond donors (Lipinski definition) is 2. The van der Waals surface area contributed by atoms with Crippen LogP contribution < -0.4 is 15.7 Å². The zero-order valence-electron chi connectivity index (χ0n) is 19.1. The van der Waals surface area contributed by atoms with Gasteiger partial charge in [-0.3, -0.25) is 0 Å². The molecule has 0 aliphatic rings. The van der Waals surface area contributed by atoms with E-state index in [-0.39, 0.29) is 11.1 Å².